The average Bonchev–Trinajstić information content (AvgIpc) is 3.47. The molecule has 8 nitrogen and oxygen atoms in total. The van der Waals surface area contributed by atoms with Gasteiger partial charge >= 0.3 is 11.9 Å². The molecule has 0 bridgehead atoms. The van der Waals surface area contributed by atoms with Crippen LogP contribution in [0.2, 0.25) is 0 Å². The third-order valence-corrected chi connectivity index (χ3v) is 11.2. The summed E-state index contributed by atoms with van der Waals surface area (Å²) >= 11 is 3.88. The molecule has 2 aliphatic rings. The number of thiazole rings is 1. The fourth-order valence-electron chi connectivity index (χ4n) is 6.23. The Morgan fingerprint density at radius 1 is 1.21 bits per heavy atom. The quantitative estimate of drug-likeness (QED) is 0.265. The minimum absolute atomic E-state index is 0.0205. The number of thioether (sulfide) groups is 1. The van der Waals surface area contributed by atoms with Crippen LogP contribution in [0.1, 0.15) is 39.3 Å². The van der Waals surface area contributed by atoms with Crippen LogP contribution in [-0.4, -0.2) is 56.3 Å². The van der Waals surface area contributed by atoms with Crippen LogP contribution in [-0.2, 0) is 11.0 Å². The number of halogens is 3. The summed E-state index contributed by atoms with van der Waals surface area (Å²) in [6.45, 7) is 11.9. The molecule has 1 aromatic carbocycles. The Hall–Kier alpha value is -3.10. The lowest BCUT2D eigenvalue weighted by Crippen LogP contribution is -2.58. The van der Waals surface area contributed by atoms with Gasteiger partial charge in [-0.25, -0.2) is 9.78 Å². The Labute approximate surface area is 252 Å². The highest BCUT2D eigenvalue weighted by Crippen LogP contribution is 2.52. The first-order chi connectivity index (χ1) is 19.8. The van der Waals surface area contributed by atoms with Gasteiger partial charge in [0.05, 0.1) is 17.1 Å². The van der Waals surface area contributed by atoms with Gasteiger partial charge in [0, 0.05) is 57.7 Å². The first-order valence-corrected chi connectivity index (χ1v) is 16.2. The van der Waals surface area contributed by atoms with Crippen molar-refractivity contribution in [3.05, 3.63) is 40.1 Å². The number of benzene rings is 1. The molecule has 3 atom stereocenters. The lowest BCUT2D eigenvalue weighted by atomic mass is 9.96. The van der Waals surface area contributed by atoms with Crippen molar-refractivity contribution >= 4 is 71.7 Å². The van der Waals surface area contributed by atoms with E-state index in [1.54, 1.807) is 14.8 Å². The number of nitrogen functional groups attached to an aromatic ring is 1. The highest BCUT2D eigenvalue weighted by atomic mass is 32.2. The van der Waals surface area contributed by atoms with Gasteiger partial charge in [-0.05, 0) is 31.9 Å². The van der Waals surface area contributed by atoms with Gasteiger partial charge in [0.25, 0.3) is 0 Å². The first kappa shape index (κ1) is 29.0. The van der Waals surface area contributed by atoms with Gasteiger partial charge in [-0.2, -0.15) is 18.2 Å². The number of nitrogens with zero attached hydrogens (tertiary/aromatic N) is 5. The molecular weight excluding hydrogens is 606 g/mol. The maximum Gasteiger partial charge on any atom is 0.417 e. The number of amides is 1. The molecule has 3 aromatic heterocycles. The molecule has 42 heavy (non-hydrogen) atoms. The molecule has 1 unspecified atom stereocenters. The van der Waals surface area contributed by atoms with E-state index in [0.717, 1.165) is 10.1 Å². The molecule has 1 fully saturated rings. The number of rotatable bonds is 4. The fraction of sp³-hybridized carbons (Fsp3) is 0.429. The van der Waals surface area contributed by atoms with Crippen LogP contribution in [0.15, 0.2) is 33.8 Å². The summed E-state index contributed by atoms with van der Waals surface area (Å²) in [5.74, 6) is 0.458. The second-order valence-corrected chi connectivity index (χ2v) is 14.3. The Kier molecular flexibility index (Phi) is 7.09. The minimum Gasteiger partial charge on any atom is -0.375 e. The van der Waals surface area contributed by atoms with Gasteiger partial charge in [-0.15, -0.1) is 23.1 Å². The third kappa shape index (κ3) is 4.49. The van der Waals surface area contributed by atoms with Crippen LogP contribution in [0, 0.1) is 5.92 Å². The van der Waals surface area contributed by atoms with Crippen molar-refractivity contribution in [1.82, 2.24) is 19.4 Å². The van der Waals surface area contributed by atoms with E-state index in [9.17, 15) is 22.8 Å². The molecule has 2 N–H and O–H groups in total. The molecule has 4 aromatic rings. The Bertz CT molecular complexity index is 1800. The first-order valence-electron chi connectivity index (χ1n) is 13.5. The number of fused-ring (bicyclic) bond motifs is 1. The Morgan fingerprint density at radius 3 is 2.52 bits per heavy atom. The molecule has 0 saturated carbocycles. The van der Waals surface area contributed by atoms with Crippen molar-refractivity contribution in [2.75, 3.05) is 29.5 Å². The Balaban J connectivity index is 1.67. The molecule has 1 saturated heterocycles. The number of hydrogen-bond acceptors (Lipinski definition) is 9. The second-order valence-electron chi connectivity index (χ2n) is 11.1. The lowest BCUT2D eigenvalue weighted by Gasteiger charge is -2.45. The minimum atomic E-state index is -4.70. The van der Waals surface area contributed by atoms with E-state index in [1.165, 1.54) is 40.5 Å². The highest BCUT2D eigenvalue weighted by Gasteiger charge is 2.41. The number of aromatic nitrogens is 3. The van der Waals surface area contributed by atoms with Gasteiger partial charge in [-0.1, -0.05) is 31.8 Å². The van der Waals surface area contributed by atoms with Crippen molar-refractivity contribution in [1.29, 1.82) is 0 Å². The largest absolute Gasteiger partial charge is 0.417 e. The predicted molar refractivity (Wildman–Crippen MR) is 165 cm³/mol. The van der Waals surface area contributed by atoms with Crippen LogP contribution < -0.4 is 16.3 Å². The number of carbonyl (C=O) groups is 1. The van der Waals surface area contributed by atoms with Gasteiger partial charge in [0.15, 0.2) is 5.13 Å². The third-order valence-electron chi connectivity index (χ3n) is 8.02. The van der Waals surface area contributed by atoms with Gasteiger partial charge < -0.3 is 15.5 Å². The topological polar surface area (TPSA) is 97.4 Å². The van der Waals surface area contributed by atoms with Crippen molar-refractivity contribution < 1.29 is 18.0 Å². The summed E-state index contributed by atoms with van der Waals surface area (Å²) in [6, 6.07) is 0.338. The summed E-state index contributed by atoms with van der Waals surface area (Å²) in [5, 5.41) is 2.25. The molecule has 0 aliphatic carbocycles. The zero-order valence-electron chi connectivity index (χ0n) is 23.4. The molecule has 6 rings (SSSR count). The lowest BCUT2D eigenvalue weighted by molar-refractivity contribution is -0.137. The number of hydrogen-bond donors (Lipinski definition) is 1. The van der Waals surface area contributed by atoms with E-state index < -0.39 is 17.4 Å². The van der Waals surface area contributed by atoms with E-state index in [-0.39, 0.29) is 51.8 Å². The van der Waals surface area contributed by atoms with E-state index in [2.05, 4.69) is 16.5 Å². The van der Waals surface area contributed by atoms with Gasteiger partial charge in [0.2, 0.25) is 5.91 Å². The van der Waals surface area contributed by atoms with Crippen molar-refractivity contribution in [2.45, 2.75) is 56.9 Å². The maximum absolute atomic E-state index is 15.0. The summed E-state index contributed by atoms with van der Waals surface area (Å²) in [6.07, 6.45) is -3.44. The van der Waals surface area contributed by atoms with E-state index in [1.807, 2.05) is 32.6 Å². The van der Waals surface area contributed by atoms with Crippen molar-refractivity contribution in [3.63, 3.8) is 0 Å². The smallest absolute Gasteiger partial charge is 0.375 e. The highest BCUT2D eigenvalue weighted by molar-refractivity contribution is 7.99. The van der Waals surface area contributed by atoms with Crippen LogP contribution in [0.3, 0.4) is 0 Å². The van der Waals surface area contributed by atoms with Crippen LogP contribution in [0.5, 0.6) is 0 Å². The number of nitrogens with two attached hydrogens (primary N) is 1. The fourth-order valence-corrected chi connectivity index (χ4v) is 9.70. The molecule has 1 amide bonds. The van der Waals surface area contributed by atoms with Crippen LogP contribution >= 0.6 is 34.4 Å². The number of piperazine rings is 1. The second kappa shape index (κ2) is 10.3. The zero-order chi connectivity index (χ0) is 30.2. The SMILES string of the molecule is C=CC(=O)N1[C@H](C)CN(c2nc(=O)n3c4c(c(-c5csc6sc(N)nc56)c(C(F)(F)F)cc24)SCC3C(C)C)C[C@@H]1C. The van der Waals surface area contributed by atoms with Crippen LogP contribution in [0.25, 0.3) is 31.6 Å². The monoisotopic (exact) mass is 634 g/mol. The molecule has 14 heteroatoms. The number of thiophene rings is 1. The summed E-state index contributed by atoms with van der Waals surface area (Å²) < 4.78 is 47.2. The molecular formula is C28H29F3N6O2S3. The van der Waals surface area contributed by atoms with Crippen molar-refractivity contribution in [3.8, 4) is 11.1 Å². The summed E-state index contributed by atoms with van der Waals surface area (Å²) in [5.41, 5.74) is 5.90. The standard InChI is InChI=1S/C28H29F3N6O2S3/c1-6-19(38)36-13(4)8-35(9-14(36)5)24-15-7-17(28(29,30)31)20(16-10-41-25-21(16)33-26(32)42-25)23-22(15)37(27(39)34-24)18(11-40-23)12(2)3/h6-7,10,12-14,18H,1,8-9,11H2,2-5H3,(H2,32,33)/t13-,14+,18?. The molecule has 5 heterocycles. The van der Waals surface area contributed by atoms with E-state index >= 15 is 0 Å². The Morgan fingerprint density at radius 2 is 1.90 bits per heavy atom. The number of alkyl halides is 3. The normalized spacial score (nSPS) is 21.1. The maximum atomic E-state index is 15.0. The van der Waals surface area contributed by atoms with E-state index in [0.29, 0.717) is 40.3 Å². The van der Waals surface area contributed by atoms with Gasteiger partial charge in [-0.3, -0.25) is 9.36 Å². The molecule has 222 valence electrons. The molecule has 0 spiro atoms. The molecule has 2 aliphatic heterocycles. The zero-order valence-corrected chi connectivity index (χ0v) is 25.8. The average molecular weight is 635 g/mol. The summed E-state index contributed by atoms with van der Waals surface area (Å²) in [7, 11) is 0. The van der Waals surface area contributed by atoms with Gasteiger partial charge in [0.1, 0.15) is 15.3 Å². The molecule has 0 radical (unpaired) electrons. The predicted octanol–water partition coefficient (Wildman–Crippen LogP) is 6.25. The van der Waals surface area contributed by atoms with E-state index in [4.69, 9.17) is 5.73 Å². The summed E-state index contributed by atoms with van der Waals surface area (Å²) in [4.78, 5) is 39.0. The number of anilines is 2. The van der Waals surface area contributed by atoms with Crippen molar-refractivity contribution in [2.24, 2.45) is 5.92 Å². The number of carbonyl (C=O) groups excluding carboxylic acids is 1. The van der Waals surface area contributed by atoms with Crippen LogP contribution in [0.4, 0.5) is 24.1 Å².